The Morgan fingerprint density at radius 1 is 0.846 bits per heavy atom. The van der Waals surface area contributed by atoms with Crippen LogP contribution in [0.15, 0.2) is 83.3 Å². The van der Waals surface area contributed by atoms with Crippen molar-refractivity contribution in [3.63, 3.8) is 0 Å². The first kappa shape index (κ1) is 15.7. The number of carbonyl (C=O) groups excluding carboxylic acids is 1. The molecule has 3 aromatic rings. The number of Topliss-reactive ketones (excluding diaryl/α,β-unsaturated/α-hetero) is 1. The van der Waals surface area contributed by atoms with Gasteiger partial charge in [0.1, 0.15) is 0 Å². The molecule has 3 aromatic carbocycles. The summed E-state index contributed by atoms with van der Waals surface area (Å²) in [6.07, 6.45) is 0. The van der Waals surface area contributed by atoms with Crippen molar-refractivity contribution in [3.8, 4) is 0 Å². The number of rotatable bonds is 1. The Morgan fingerprint density at radius 3 is 2.35 bits per heavy atom. The van der Waals surface area contributed by atoms with Crippen LogP contribution in [0.3, 0.4) is 0 Å². The molecule has 1 aliphatic carbocycles. The molecule has 2 nitrogen and oxygen atoms in total. The summed E-state index contributed by atoms with van der Waals surface area (Å²) in [7, 11) is 0. The minimum absolute atomic E-state index is 0.0849. The standard InChI is InChI=1S/C22H14ClNOS/c23-14-11-9-13(10-12-14)22-19-20(15-5-1-2-6-16(15)21(19)25)24-17-7-3-4-8-18(17)26-22/h1-12,22,24H. The number of thioether (sulfide) groups is 1. The average Bonchev–Trinajstić information content (AvgIpc) is 2.84. The molecule has 126 valence electrons. The minimum atomic E-state index is -0.0849. The normalized spacial score (nSPS) is 17.9. The summed E-state index contributed by atoms with van der Waals surface area (Å²) in [5.41, 5.74) is 5.59. The maximum absolute atomic E-state index is 13.2. The number of ketones is 1. The molecule has 0 saturated heterocycles. The lowest BCUT2D eigenvalue weighted by molar-refractivity contribution is 0.103. The summed E-state index contributed by atoms with van der Waals surface area (Å²) in [6.45, 7) is 0. The Balaban J connectivity index is 1.74. The first-order valence-corrected chi connectivity index (χ1v) is 9.64. The van der Waals surface area contributed by atoms with Crippen molar-refractivity contribution in [2.24, 2.45) is 0 Å². The molecule has 1 heterocycles. The third-order valence-electron chi connectivity index (χ3n) is 4.78. The highest BCUT2D eigenvalue weighted by atomic mass is 35.5. The Kier molecular flexibility index (Phi) is 3.66. The topological polar surface area (TPSA) is 29.1 Å². The smallest absolute Gasteiger partial charge is 0.193 e. The highest BCUT2D eigenvalue weighted by Gasteiger charge is 2.37. The van der Waals surface area contributed by atoms with E-state index in [2.05, 4.69) is 17.4 Å². The van der Waals surface area contributed by atoms with E-state index in [0.717, 1.165) is 38.5 Å². The van der Waals surface area contributed by atoms with E-state index in [1.807, 2.05) is 60.7 Å². The molecule has 0 spiro atoms. The van der Waals surface area contributed by atoms with Crippen molar-refractivity contribution in [1.82, 2.24) is 0 Å². The van der Waals surface area contributed by atoms with Crippen LogP contribution in [-0.4, -0.2) is 5.78 Å². The van der Waals surface area contributed by atoms with Gasteiger partial charge in [-0.25, -0.2) is 0 Å². The number of fused-ring (bicyclic) bond motifs is 3. The summed E-state index contributed by atoms with van der Waals surface area (Å²) in [4.78, 5) is 14.4. The second kappa shape index (κ2) is 6.04. The Bertz CT molecular complexity index is 1070. The van der Waals surface area contributed by atoms with E-state index in [0.29, 0.717) is 5.02 Å². The molecule has 1 atom stereocenters. The van der Waals surface area contributed by atoms with Gasteiger partial charge in [0.15, 0.2) is 5.78 Å². The summed E-state index contributed by atoms with van der Waals surface area (Å²) >= 11 is 7.78. The zero-order valence-corrected chi connectivity index (χ0v) is 15.3. The third-order valence-corrected chi connectivity index (χ3v) is 6.39. The van der Waals surface area contributed by atoms with Gasteiger partial charge in [0, 0.05) is 26.6 Å². The fraction of sp³-hybridized carbons (Fsp3) is 0.0455. The van der Waals surface area contributed by atoms with Gasteiger partial charge in [0.25, 0.3) is 0 Å². The lowest BCUT2D eigenvalue weighted by Gasteiger charge is -2.17. The van der Waals surface area contributed by atoms with E-state index in [-0.39, 0.29) is 11.0 Å². The van der Waals surface area contributed by atoms with Crippen LogP contribution < -0.4 is 5.32 Å². The average molecular weight is 376 g/mol. The number of hydrogen-bond donors (Lipinski definition) is 1. The number of para-hydroxylation sites is 1. The molecular formula is C22H14ClNOS. The van der Waals surface area contributed by atoms with Gasteiger partial charge in [-0.1, -0.05) is 60.1 Å². The van der Waals surface area contributed by atoms with E-state index < -0.39 is 0 Å². The third kappa shape index (κ3) is 2.39. The van der Waals surface area contributed by atoms with Crippen LogP contribution in [0.4, 0.5) is 5.69 Å². The van der Waals surface area contributed by atoms with E-state index >= 15 is 0 Å². The number of nitrogens with one attached hydrogen (secondary N) is 1. The predicted octanol–water partition coefficient (Wildman–Crippen LogP) is 6.21. The molecule has 0 radical (unpaired) electrons. The van der Waals surface area contributed by atoms with Crippen molar-refractivity contribution in [1.29, 1.82) is 0 Å². The van der Waals surface area contributed by atoms with Gasteiger partial charge in [-0.15, -0.1) is 11.8 Å². The van der Waals surface area contributed by atoms with Crippen LogP contribution in [0.25, 0.3) is 5.70 Å². The summed E-state index contributed by atoms with van der Waals surface area (Å²) in [5, 5.41) is 4.14. The van der Waals surface area contributed by atoms with Crippen LogP contribution in [-0.2, 0) is 0 Å². The Labute approximate surface area is 160 Å². The van der Waals surface area contributed by atoms with Crippen molar-refractivity contribution >= 4 is 40.5 Å². The van der Waals surface area contributed by atoms with Gasteiger partial charge in [-0.3, -0.25) is 4.79 Å². The zero-order chi connectivity index (χ0) is 17.7. The molecule has 5 rings (SSSR count). The lowest BCUT2D eigenvalue weighted by atomic mass is 10.0. The molecular weight excluding hydrogens is 362 g/mol. The summed E-state index contributed by atoms with van der Waals surface area (Å²) < 4.78 is 0. The molecule has 0 fully saturated rings. The molecule has 2 aliphatic rings. The van der Waals surface area contributed by atoms with E-state index in [9.17, 15) is 4.79 Å². The van der Waals surface area contributed by atoms with Gasteiger partial charge in [-0.2, -0.15) is 0 Å². The monoisotopic (exact) mass is 375 g/mol. The first-order valence-electron chi connectivity index (χ1n) is 8.39. The predicted molar refractivity (Wildman–Crippen MR) is 108 cm³/mol. The summed E-state index contributed by atoms with van der Waals surface area (Å²) in [5.74, 6) is 0.100. The minimum Gasteiger partial charge on any atom is -0.354 e. The Morgan fingerprint density at radius 2 is 1.54 bits per heavy atom. The Hall–Kier alpha value is -2.49. The molecule has 26 heavy (non-hydrogen) atoms. The first-order chi connectivity index (χ1) is 12.7. The molecule has 4 heteroatoms. The molecule has 0 aromatic heterocycles. The van der Waals surface area contributed by atoms with Crippen molar-refractivity contribution < 1.29 is 4.79 Å². The van der Waals surface area contributed by atoms with Gasteiger partial charge in [-0.05, 0) is 29.8 Å². The van der Waals surface area contributed by atoms with Gasteiger partial charge in [0.2, 0.25) is 0 Å². The maximum Gasteiger partial charge on any atom is 0.193 e. The van der Waals surface area contributed by atoms with Crippen LogP contribution in [0.2, 0.25) is 5.02 Å². The fourth-order valence-electron chi connectivity index (χ4n) is 3.55. The van der Waals surface area contributed by atoms with Crippen molar-refractivity contribution in [2.75, 3.05) is 5.32 Å². The molecule has 0 bridgehead atoms. The SMILES string of the molecule is O=C1C2=C(Nc3ccccc3SC2c2ccc(Cl)cc2)c2ccccc21. The van der Waals surface area contributed by atoms with Crippen LogP contribution in [0.1, 0.15) is 26.7 Å². The quantitative estimate of drug-likeness (QED) is 0.548. The van der Waals surface area contributed by atoms with Crippen LogP contribution >= 0.6 is 23.4 Å². The second-order valence-corrected chi connectivity index (χ2v) is 7.92. The van der Waals surface area contributed by atoms with Crippen LogP contribution in [0.5, 0.6) is 0 Å². The summed E-state index contributed by atoms with van der Waals surface area (Å²) in [6, 6.07) is 23.8. The van der Waals surface area contributed by atoms with Crippen molar-refractivity contribution in [2.45, 2.75) is 10.1 Å². The maximum atomic E-state index is 13.2. The fourth-order valence-corrected chi connectivity index (χ4v) is 4.97. The van der Waals surface area contributed by atoms with Crippen LogP contribution in [0, 0.1) is 0 Å². The molecule has 1 unspecified atom stereocenters. The van der Waals surface area contributed by atoms with Crippen molar-refractivity contribution in [3.05, 3.63) is 100 Å². The molecule has 1 N–H and O–H groups in total. The van der Waals surface area contributed by atoms with E-state index in [1.165, 1.54) is 0 Å². The van der Waals surface area contributed by atoms with Gasteiger partial charge in [0.05, 0.1) is 16.6 Å². The number of benzene rings is 3. The zero-order valence-electron chi connectivity index (χ0n) is 13.7. The van der Waals surface area contributed by atoms with Gasteiger partial charge < -0.3 is 5.32 Å². The van der Waals surface area contributed by atoms with E-state index in [1.54, 1.807) is 11.8 Å². The molecule has 0 amide bonds. The lowest BCUT2D eigenvalue weighted by Crippen LogP contribution is -2.07. The highest BCUT2D eigenvalue weighted by Crippen LogP contribution is 2.52. The largest absolute Gasteiger partial charge is 0.354 e. The molecule has 1 aliphatic heterocycles. The van der Waals surface area contributed by atoms with E-state index in [4.69, 9.17) is 11.6 Å². The number of halogens is 1. The number of hydrogen-bond acceptors (Lipinski definition) is 3. The molecule has 0 saturated carbocycles. The highest BCUT2D eigenvalue weighted by molar-refractivity contribution is 8.00. The number of carbonyl (C=O) groups is 1. The van der Waals surface area contributed by atoms with Gasteiger partial charge >= 0.3 is 0 Å². The second-order valence-electron chi connectivity index (χ2n) is 6.33. The number of anilines is 1.